The van der Waals surface area contributed by atoms with Crippen LogP contribution in [-0.4, -0.2) is 32.7 Å². The summed E-state index contributed by atoms with van der Waals surface area (Å²) in [7, 11) is 1.80. The summed E-state index contributed by atoms with van der Waals surface area (Å²) in [6.07, 6.45) is 1.02. The van der Waals surface area contributed by atoms with Crippen molar-refractivity contribution in [3.63, 3.8) is 0 Å². The van der Waals surface area contributed by atoms with Crippen molar-refractivity contribution in [1.82, 2.24) is 10.6 Å². The third-order valence-corrected chi connectivity index (χ3v) is 4.54. The van der Waals surface area contributed by atoms with Crippen LogP contribution in [0.1, 0.15) is 17.4 Å². The highest BCUT2D eigenvalue weighted by Gasteiger charge is 2.05. The van der Waals surface area contributed by atoms with E-state index in [-0.39, 0.29) is 0 Å². The number of guanidine groups is 1. The van der Waals surface area contributed by atoms with E-state index in [0.717, 1.165) is 32.1 Å². The second-order valence-corrected chi connectivity index (χ2v) is 6.85. The van der Waals surface area contributed by atoms with E-state index in [1.165, 1.54) is 10.4 Å². The van der Waals surface area contributed by atoms with E-state index < -0.39 is 0 Å². The van der Waals surface area contributed by atoms with Crippen LogP contribution < -0.4 is 10.6 Å². The van der Waals surface area contributed by atoms with Crippen LogP contribution in [-0.2, 0) is 17.8 Å². The van der Waals surface area contributed by atoms with E-state index in [4.69, 9.17) is 4.74 Å². The Labute approximate surface area is 149 Å². The normalized spacial score (nSPS) is 12.8. The maximum atomic E-state index is 5.78. The molecule has 0 aliphatic carbocycles. The predicted octanol–water partition coefficient (Wildman–Crippen LogP) is 3.31. The second-order valence-electron chi connectivity index (χ2n) is 5.82. The number of hydrogen-bond acceptors (Lipinski definition) is 3. The zero-order valence-corrected chi connectivity index (χ0v) is 15.3. The van der Waals surface area contributed by atoms with E-state index in [9.17, 15) is 0 Å². The van der Waals surface area contributed by atoms with Gasteiger partial charge < -0.3 is 15.4 Å². The molecule has 130 valence electrons. The van der Waals surface area contributed by atoms with Gasteiger partial charge in [-0.3, -0.25) is 4.99 Å². The number of benzene rings is 1. The molecule has 0 bridgehead atoms. The van der Waals surface area contributed by atoms with Gasteiger partial charge in [-0.25, -0.2) is 0 Å². The fourth-order valence-electron chi connectivity index (χ4n) is 2.26. The van der Waals surface area contributed by atoms with Crippen molar-refractivity contribution in [3.8, 4) is 0 Å². The van der Waals surface area contributed by atoms with Gasteiger partial charge in [-0.2, -0.15) is 0 Å². The fourth-order valence-corrected chi connectivity index (χ4v) is 2.97. The molecular formula is C19H27N3OS. The molecule has 2 aromatic rings. The summed E-state index contributed by atoms with van der Waals surface area (Å²) in [5, 5.41) is 8.82. The Balaban J connectivity index is 1.58. The molecule has 4 nitrogen and oxygen atoms in total. The first-order chi connectivity index (χ1) is 11.8. The van der Waals surface area contributed by atoms with Crippen LogP contribution in [0.2, 0.25) is 0 Å². The molecule has 0 saturated heterocycles. The van der Waals surface area contributed by atoms with Crippen molar-refractivity contribution in [1.29, 1.82) is 0 Å². The first-order valence-electron chi connectivity index (χ1n) is 8.36. The minimum atomic E-state index is 0.421. The van der Waals surface area contributed by atoms with Gasteiger partial charge in [0.2, 0.25) is 0 Å². The molecule has 1 aromatic heterocycles. The van der Waals surface area contributed by atoms with Crippen molar-refractivity contribution in [2.45, 2.75) is 20.0 Å². The maximum Gasteiger partial charge on any atom is 0.190 e. The van der Waals surface area contributed by atoms with Gasteiger partial charge in [0.25, 0.3) is 0 Å². The van der Waals surface area contributed by atoms with Crippen molar-refractivity contribution >= 4 is 17.3 Å². The Morgan fingerprint density at radius 2 is 2.00 bits per heavy atom. The molecule has 1 atom stereocenters. The molecule has 0 spiro atoms. The molecule has 24 heavy (non-hydrogen) atoms. The number of thiophene rings is 1. The van der Waals surface area contributed by atoms with Crippen LogP contribution in [0.3, 0.4) is 0 Å². The van der Waals surface area contributed by atoms with Crippen LogP contribution in [0, 0.1) is 5.92 Å². The molecule has 1 heterocycles. The quantitative estimate of drug-likeness (QED) is 0.541. The summed E-state index contributed by atoms with van der Waals surface area (Å²) in [4.78, 5) is 5.65. The average Bonchev–Trinajstić information content (AvgIpc) is 3.12. The molecule has 2 N–H and O–H groups in total. The summed E-state index contributed by atoms with van der Waals surface area (Å²) in [5.41, 5.74) is 1.21. The van der Waals surface area contributed by atoms with Crippen LogP contribution >= 0.6 is 11.3 Å². The van der Waals surface area contributed by atoms with Gasteiger partial charge >= 0.3 is 0 Å². The minimum Gasteiger partial charge on any atom is -0.376 e. The standard InChI is InChI=1S/C19H27N3OS/c1-16(14-23-15-17-7-4-3-5-8-17)13-22-19(20-2)21-11-10-18-9-6-12-24-18/h3-9,12,16H,10-11,13-15H2,1-2H3,(H2,20,21,22). The smallest absolute Gasteiger partial charge is 0.190 e. The molecule has 0 radical (unpaired) electrons. The number of ether oxygens (including phenoxy) is 1. The van der Waals surface area contributed by atoms with Gasteiger partial charge in [0.1, 0.15) is 0 Å². The zero-order valence-electron chi connectivity index (χ0n) is 14.5. The highest BCUT2D eigenvalue weighted by atomic mass is 32.1. The number of nitrogens with one attached hydrogen (secondary N) is 2. The van der Waals surface area contributed by atoms with Crippen LogP contribution in [0.5, 0.6) is 0 Å². The summed E-state index contributed by atoms with van der Waals surface area (Å²) < 4.78 is 5.78. The molecule has 5 heteroatoms. The van der Waals surface area contributed by atoms with E-state index in [1.807, 2.05) is 18.2 Å². The van der Waals surface area contributed by atoms with Gasteiger partial charge in [0, 0.05) is 25.0 Å². The second kappa shape index (κ2) is 10.8. The Hall–Kier alpha value is -1.85. The van der Waals surface area contributed by atoms with E-state index in [2.05, 4.69) is 52.2 Å². The molecule has 0 aliphatic rings. The van der Waals surface area contributed by atoms with Crippen LogP contribution in [0.15, 0.2) is 52.8 Å². The summed E-state index contributed by atoms with van der Waals surface area (Å²) in [6.45, 7) is 5.30. The first-order valence-corrected chi connectivity index (χ1v) is 9.24. The average molecular weight is 346 g/mol. The fraction of sp³-hybridized carbons (Fsp3) is 0.421. The van der Waals surface area contributed by atoms with Crippen molar-refractivity contribution in [3.05, 3.63) is 58.3 Å². The summed E-state index contributed by atoms with van der Waals surface area (Å²) in [5.74, 6) is 1.27. The predicted molar refractivity (Wildman–Crippen MR) is 103 cm³/mol. The number of aliphatic imine (C=N–C) groups is 1. The van der Waals surface area contributed by atoms with E-state index in [1.54, 1.807) is 18.4 Å². The third kappa shape index (κ3) is 7.15. The molecular weight excluding hydrogens is 318 g/mol. The van der Waals surface area contributed by atoms with Gasteiger partial charge in [-0.1, -0.05) is 43.3 Å². The van der Waals surface area contributed by atoms with Gasteiger partial charge in [0.15, 0.2) is 5.96 Å². The van der Waals surface area contributed by atoms with Gasteiger partial charge in [0.05, 0.1) is 13.2 Å². The largest absolute Gasteiger partial charge is 0.376 e. The molecule has 1 unspecified atom stereocenters. The minimum absolute atomic E-state index is 0.421. The third-order valence-electron chi connectivity index (χ3n) is 3.60. The Morgan fingerprint density at radius 3 is 2.71 bits per heavy atom. The summed E-state index contributed by atoms with van der Waals surface area (Å²) in [6, 6.07) is 14.5. The van der Waals surface area contributed by atoms with Gasteiger partial charge in [-0.05, 0) is 29.3 Å². The van der Waals surface area contributed by atoms with Crippen molar-refractivity contribution in [2.75, 3.05) is 26.7 Å². The van der Waals surface area contributed by atoms with E-state index in [0.29, 0.717) is 12.5 Å². The molecule has 0 fully saturated rings. The van der Waals surface area contributed by atoms with E-state index >= 15 is 0 Å². The van der Waals surface area contributed by atoms with Crippen LogP contribution in [0.4, 0.5) is 0 Å². The van der Waals surface area contributed by atoms with Gasteiger partial charge in [-0.15, -0.1) is 11.3 Å². The maximum absolute atomic E-state index is 5.78. The Morgan fingerprint density at radius 1 is 1.17 bits per heavy atom. The van der Waals surface area contributed by atoms with Crippen molar-refractivity contribution < 1.29 is 4.74 Å². The lowest BCUT2D eigenvalue weighted by Gasteiger charge is -2.16. The highest BCUT2D eigenvalue weighted by Crippen LogP contribution is 2.08. The highest BCUT2D eigenvalue weighted by molar-refractivity contribution is 7.09. The number of nitrogens with zero attached hydrogens (tertiary/aromatic N) is 1. The lowest BCUT2D eigenvalue weighted by Crippen LogP contribution is -2.40. The molecule has 0 amide bonds. The Kier molecular flexibility index (Phi) is 8.35. The monoisotopic (exact) mass is 345 g/mol. The SMILES string of the molecule is CN=C(NCCc1cccs1)NCC(C)COCc1ccccc1. The topological polar surface area (TPSA) is 45.7 Å². The first kappa shape index (κ1) is 18.5. The molecule has 1 aromatic carbocycles. The lowest BCUT2D eigenvalue weighted by molar-refractivity contribution is 0.0931. The van der Waals surface area contributed by atoms with Crippen LogP contribution in [0.25, 0.3) is 0 Å². The lowest BCUT2D eigenvalue weighted by atomic mass is 10.2. The molecule has 0 aliphatic heterocycles. The zero-order chi connectivity index (χ0) is 17.0. The number of rotatable bonds is 9. The summed E-state index contributed by atoms with van der Waals surface area (Å²) >= 11 is 1.79. The Bertz CT molecular complexity index is 584. The number of hydrogen-bond donors (Lipinski definition) is 2. The molecule has 2 rings (SSSR count). The molecule has 0 saturated carbocycles. The van der Waals surface area contributed by atoms with Crippen molar-refractivity contribution in [2.24, 2.45) is 10.9 Å².